The quantitative estimate of drug-likeness (QED) is 0.852. The van der Waals surface area contributed by atoms with Crippen molar-refractivity contribution in [1.82, 2.24) is 10.2 Å². The molecule has 2 N–H and O–H groups in total. The van der Waals surface area contributed by atoms with E-state index in [0.29, 0.717) is 18.0 Å². The van der Waals surface area contributed by atoms with Gasteiger partial charge in [-0.05, 0) is 42.6 Å². The lowest BCUT2D eigenvalue weighted by Crippen LogP contribution is -2.31. The fourth-order valence-electron chi connectivity index (χ4n) is 3.13. The summed E-state index contributed by atoms with van der Waals surface area (Å²) in [5.41, 5.74) is 1.72. The maximum atomic E-state index is 12.1. The van der Waals surface area contributed by atoms with Crippen molar-refractivity contribution in [3.8, 4) is 5.75 Å². The summed E-state index contributed by atoms with van der Waals surface area (Å²) in [6, 6.07) is 16.7. The van der Waals surface area contributed by atoms with Crippen molar-refractivity contribution in [3.63, 3.8) is 0 Å². The molecule has 1 aliphatic rings. The second-order valence-electron chi connectivity index (χ2n) is 6.49. The SMILES string of the molecule is O=C(NCC1CCN(C/C=C/c2ccccc2)C1)c1cccc(O)c1. The van der Waals surface area contributed by atoms with Gasteiger partial charge in [-0.2, -0.15) is 0 Å². The molecule has 1 atom stereocenters. The van der Waals surface area contributed by atoms with E-state index >= 15 is 0 Å². The molecular weight excluding hydrogens is 312 g/mol. The molecule has 2 aromatic rings. The smallest absolute Gasteiger partial charge is 0.251 e. The molecule has 0 bridgehead atoms. The van der Waals surface area contributed by atoms with E-state index < -0.39 is 0 Å². The first-order valence-corrected chi connectivity index (χ1v) is 8.72. The summed E-state index contributed by atoms with van der Waals surface area (Å²) >= 11 is 0. The summed E-state index contributed by atoms with van der Waals surface area (Å²) in [4.78, 5) is 14.5. The Morgan fingerprint density at radius 2 is 2.04 bits per heavy atom. The standard InChI is InChI=1S/C21H24N2O2/c24-20-10-4-9-19(14-20)21(25)22-15-18-11-13-23(16-18)12-5-8-17-6-2-1-3-7-17/h1-10,14,18,24H,11-13,15-16H2,(H,22,25)/b8-5+. The minimum Gasteiger partial charge on any atom is -0.508 e. The van der Waals surface area contributed by atoms with Gasteiger partial charge in [-0.3, -0.25) is 9.69 Å². The number of amides is 1. The van der Waals surface area contributed by atoms with Crippen molar-refractivity contribution < 1.29 is 9.90 Å². The third-order valence-electron chi connectivity index (χ3n) is 4.50. The van der Waals surface area contributed by atoms with E-state index in [1.165, 1.54) is 11.6 Å². The molecule has 0 aromatic heterocycles. The topological polar surface area (TPSA) is 52.6 Å². The summed E-state index contributed by atoms with van der Waals surface area (Å²) in [6.07, 6.45) is 5.44. The molecule has 25 heavy (non-hydrogen) atoms. The number of carbonyl (C=O) groups excluding carboxylic acids is 1. The van der Waals surface area contributed by atoms with Crippen LogP contribution in [0.15, 0.2) is 60.7 Å². The molecule has 3 rings (SSSR count). The Labute approximate surface area is 148 Å². The number of likely N-dealkylation sites (tertiary alicyclic amines) is 1. The first-order chi connectivity index (χ1) is 12.2. The van der Waals surface area contributed by atoms with Gasteiger partial charge >= 0.3 is 0 Å². The molecule has 1 saturated heterocycles. The highest BCUT2D eigenvalue weighted by Crippen LogP contribution is 2.16. The van der Waals surface area contributed by atoms with Crippen LogP contribution in [0.2, 0.25) is 0 Å². The third kappa shape index (κ3) is 5.19. The highest BCUT2D eigenvalue weighted by molar-refractivity contribution is 5.94. The van der Waals surface area contributed by atoms with E-state index in [1.807, 2.05) is 18.2 Å². The molecule has 0 saturated carbocycles. The molecule has 1 fully saturated rings. The van der Waals surface area contributed by atoms with Crippen LogP contribution in [0.1, 0.15) is 22.3 Å². The molecule has 1 amide bonds. The monoisotopic (exact) mass is 336 g/mol. The molecule has 0 radical (unpaired) electrons. The van der Waals surface area contributed by atoms with Gasteiger partial charge in [0.05, 0.1) is 0 Å². The first-order valence-electron chi connectivity index (χ1n) is 8.72. The molecule has 1 heterocycles. The largest absolute Gasteiger partial charge is 0.508 e. The molecule has 4 heteroatoms. The minimum absolute atomic E-state index is 0.116. The summed E-state index contributed by atoms with van der Waals surface area (Å²) in [6.45, 7) is 3.67. The van der Waals surface area contributed by atoms with Gasteiger partial charge in [0.1, 0.15) is 5.75 Å². The van der Waals surface area contributed by atoms with Gasteiger partial charge in [-0.25, -0.2) is 0 Å². The second-order valence-corrected chi connectivity index (χ2v) is 6.49. The van der Waals surface area contributed by atoms with Gasteiger partial charge in [-0.1, -0.05) is 48.6 Å². The van der Waals surface area contributed by atoms with E-state index in [9.17, 15) is 9.90 Å². The van der Waals surface area contributed by atoms with Crippen molar-refractivity contribution in [3.05, 3.63) is 71.8 Å². The minimum atomic E-state index is -0.127. The van der Waals surface area contributed by atoms with Gasteiger partial charge < -0.3 is 10.4 Å². The van der Waals surface area contributed by atoms with Crippen LogP contribution < -0.4 is 5.32 Å². The number of rotatable bonds is 6. The van der Waals surface area contributed by atoms with Crippen molar-refractivity contribution >= 4 is 12.0 Å². The lowest BCUT2D eigenvalue weighted by atomic mass is 10.1. The molecule has 4 nitrogen and oxygen atoms in total. The van der Waals surface area contributed by atoms with E-state index in [0.717, 1.165) is 26.1 Å². The van der Waals surface area contributed by atoms with Crippen molar-refractivity contribution in [2.24, 2.45) is 5.92 Å². The molecule has 1 unspecified atom stereocenters. The molecule has 130 valence electrons. The van der Waals surface area contributed by atoms with Crippen LogP contribution in [0.4, 0.5) is 0 Å². The Balaban J connectivity index is 1.41. The predicted octanol–water partition coefficient (Wildman–Crippen LogP) is 3.16. The van der Waals surface area contributed by atoms with Gasteiger partial charge in [0, 0.05) is 25.2 Å². The Morgan fingerprint density at radius 3 is 2.84 bits per heavy atom. The normalized spacial score (nSPS) is 17.8. The predicted molar refractivity (Wildman–Crippen MR) is 100 cm³/mol. The maximum Gasteiger partial charge on any atom is 0.251 e. The van der Waals surface area contributed by atoms with Gasteiger partial charge in [0.2, 0.25) is 0 Å². The van der Waals surface area contributed by atoms with Crippen LogP contribution in [0.25, 0.3) is 6.08 Å². The number of phenols is 1. The number of nitrogens with one attached hydrogen (secondary N) is 1. The summed E-state index contributed by atoms with van der Waals surface area (Å²) in [5.74, 6) is 0.467. The van der Waals surface area contributed by atoms with Crippen molar-refractivity contribution in [1.29, 1.82) is 0 Å². The van der Waals surface area contributed by atoms with Crippen molar-refractivity contribution in [2.75, 3.05) is 26.2 Å². The van der Waals surface area contributed by atoms with Crippen LogP contribution in [0, 0.1) is 5.92 Å². The van der Waals surface area contributed by atoms with Crippen LogP contribution in [-0.2, 0) is 0 Å². The van der Waals surface area contributed by atoms with E-state index in [4.69, 9.17) is 0 Å². The van der Waals surface area contributed by atoms with E-state index in [2.05, 4.69) is 34.5 Å². The maximum absolute atomic E-state index is 12.1. The zero-order valence-corrected chi connectivity index (χ0v) is 14.3. The van der Waals surface area contributed by atoms with Crippen LogP contribution in [-0.4, -0.2) is 42.1 Å². The Hall–Kier alpha value is -2.59. The van der Waals surface area contributed by atoms with Crippen LogP contribution in [0.3, 0.4) is 0 Å². The van der Waals surface area contributed by atoms with Gasteiger partial charge in [-0.15, -0.1) is 0 Å². The molecule has 1 aliphatic heterocycles. The van der Waals surface area contributed by atoms with Crippen molar-refractivity contribution in [2.45, 2.75) is 6.42 Å². The first kappa shape index (κ1) is 17.2. The second kappa shape index (κ2) is 8.49. The summed E-state index contributed by atoms with van der Waals surface area (Å²) < 4.78 is 0. The molecule has 0 spiro atoms. The van der Waals surface area contributed by atoms with E-state index in [1.54, 1.807) is 18.2 Å². The van der Waals surface area contributed by atoms with Gasteiger partial charge in [0.15, 0.2) is 0 Å². The number of hydrogen-bond donors (Lipinski definition) is 2. The fraction of sp³-hybridized carbons (Fsp3) is 0.286. The summed E-state index contributed by atoms with van der Waals surface area (Å²) in [7, 11) is 0. The number of hydrogen-bond acceptors (Lipinski definition) is 3. The molecular formula is C21H24N2O2. The number of phenolic OH excluding ortho intramolecular Hbond substituents is 1. The highest BCUT2D eigenvalue weighted by Gasteiger charge is 2.22. The van der Waals surface area contributed by atoms with Crippen LogP contribution in [0.5, 0.6) is 5.75 Å². The number of carbonyl (C=O) groups is 1. The molecule has 2 aromatic carbocycles. The zero-order valence-electron chi connectivity index (χ0n) is 14.3. The average Bonchev–Trinajstić information content (AvgIpc) is 3.08. The highest BCUT2D eigenvalue weighted by atomic mass is 16.3. The van der Waals surface area contributed by atoms with Crippen LogP contribution >= 0.6 is 0 Å². The van der Waals surface area contributed by atoms with Gasteiger partial charge in [0.25, 0.3) is 5.91 Å². The number of aromatic hydroxyl groups is 1. The number of benzene rings is 2. The average molecular weight is 336 g/mol. The van der Waals surface area contributed by atoms with E-state index in [-0.39, 0.29) is 11.7 Å². The summed E-state index contributed by atoms with van der Waals surface area (Å²) in [5, 5.41) is 12.4. The Bertz CT molecular complexity index is 728. The lowest BCUT2D eigenvalue weighted by molar-refractivity contribution is 0.0947. The number of nitrogens with zero attached hydrogens (tertiary/aromatic N) is 1. The Kier molecular flexibility index (Phi) is 5.86. The third-order valence-corrected chi connectivity index (χ3v) is 4.50. The fourth-order valence-corrected chi connectivity index (χ4v) is 3.13. The zero-order chi connectivity index (χ0) is 17.5. The molecule has 0 aliphatic carbocycles. The Morgan fingerprint density at radius 1 is 1.20 bits per heavy atom. The lowest BCUT2D eigenvalue weighted by Gasteiger charge is -2.14.